The van der Waals surface area contributed by atoms with Gasteiger partial charge in [-0.1, -0.05) is 30.3 Å². The summed E-state index contributed by atoms with van der Waals surface area (Å²) in [6.07, 6.45) is -0.971. The molecule has 1 amide bonds. The lowest BCUT2D eigenvalue weighted by Crippen LogP contribution is -2.32. The Balaban J connectivity index is 1.97. The van der Waals surface area contributed by atoms with Crippen LogP contribution >= 0.6 is 0 Å². The van der Waals surface area contributed by atoms with E-state index in [0.717, 1.165) is 5.56 Å². The van der Waals surface area contributed by atoms with Crippen LogP contribution in [0.2, 0.25) is 0 Å². The van der Waals surface area contributed by atoms with Crippen LogP contribution in [0.25, 0.3) is 0 Å². The second-order valence-corrected chi connectivity index (χ2v) is 3.99. The number of ether oxygens (including phenoxy) is 2. The van der Waals surface area contributed by atoms with Crippen LogP contribution in [-0.4, -0.2) is 31.9 Å². The molecule has 0 aliphatic heterocycles. The van der Waals surface area contributed by atoms with Gasteiger partial charge in [-0.05, 0) is 12.5 Å². The van der Waals surface area contributed by atoms with Crippen LogP contribution in [0.4, 0.5) is 4.79 Å². The highest BCUT2D eigenvalue weighted by Gasteiger charge is 2.04. The third-order valence-corrected chi connectivity index (χ3v) is 2.28. The van der Waals surface area contributed by atoms with Crippen molar-refractivity contribution in [2.75, 3.05) is 19.7 Å². The molecule has 0 spiro atoms. The number of carbonyl (C=O) groups excluding carboxylic acids is 1. The highest BCUT2D eigenvalue weighted by atomic mass is 16.6. The number of benzene rings is 1. The summed E-state index contributed by atoms with van der Waals surface area (Å²) in [5.74, 6) is 0. The number of rotatable bonds is 8. The van der Waals surface area contributed by atoms with E-state index in [1.807, 2.05) is 30.3 Å². The molecule has 5 heteroatoms. The zero-order valence-corrected chi connectivity index (χ0v) is 10.6. The molecule has 3 N–H and O–H groups in total. The SMILES string of the molecule is CC(CNCCOCc1ccccc1)OC(N)=O. The lowest BCUT2D eigenvalue weighted by atomic mass is 10.2. The predicted octanol–water partition coefficient (Wildman–Crippen LogP) is 1.28. The molecule has 1 rings (SSSR count). The fourth-order valence-corrected chi connectivity index (χ4v) is 1.45. The van der Waals surface area contributed by atoms with E-state index in [1.54, 1.807) is 6.92 Å². The highest BCUT2D eigenvalue weighted by molar-refractivity contribution is 5.64. The summed E-state index contributed by atoms with van der Waals surface area (Å²) < 4.78 is 10.2. The van der Waals surface area contributed by atoms with Crippen LogP contribution in [-0.2, 0) is 16.1 Å². The first-order valence-electron chi connectivity index (χ1n) is 5.97. The quantitative estimate of drug-likeness (QED) is 0.683. The van der Waals surface area contributed by atoms with Crippen molar-refractivity contribution in [2.24, 2.45) is 5.73 Å². The van der Waals surface area contributed by atoms with Crippen molar-refractivity contribution in [3.8, 4) is 0 Å². The second kappa shape index (κ2) is 8.49. The van der Waals surface area contributed by atoms with Crippen molar-refractivity contribution in [1.82, 2.24) is 5.32 Å². The van der Waals surface area contributed by atoms with Crippen molar-refractivity contribution >= 4 is 6.09 Å². The van der Waals surface area contributed by atoms with Gasteiger partial charge in [-0.2, -0.15) is 0 Å². The van der Waals surface area contributed by atoms with Gasteiger partial charge in [0.25, 0.3) is 0 Å². The summed E-state index contributed by atoms with van der Waals surface area (Å²) in [5, 5.41) is 3.12. The topological polar surface area (TPSA) is 73.6 Å². The molecule has 1 aromatic rings. The monoisotopic (exact) mass is 252 g/mol. The Morgan fingerprint density at radius 1 is 1.39 bits per heavy atom. The Labute approximate surface area is 107 Å². The summed E-state index contributed by atoms with van der Waals surface area (Å²) in [7, 11) is 0. The number of hydrogen-bond donors (Lipinski definition) is 2. The lowest BCUT2D eigenvalue weighted by Gasteiger charge is -2.12. The zero-order chi connectivity index (χ0) is 13.2. The van der Waals surface area contributed by atoms with E-state index >= 15 is 0 Å². The Bertz CT molecular complexity index is 343. The molecular formula is C13H20N2O3. The van der Waals surface area contributed by atoms with Crippen LogP contribution in [0.15, 0.2) is 30.3 Å². The van der Waals surface area contributed by atoms with Crippen LogP contribution in [0.5, 0.6) is 0 Å². The Morgan fingerprint density at radius 2 is 2.11 bits per heavy atom. The van der Waals surface area contributed by atoms with Crippen LogP contribution in [0.3, 0.4) is 0 Å². The Kier molecular flexibility index (Phi) is 6.83. The normalized spacial score (nSPS) is 12.1. The molecule has 5 nitrogen and oxygen atoms in total. The minimum Gasteiger partial charge on any atom is -0.445 e. The van der Waals surface area contributed by atoms with E-state index in [2.05, 4.69) is 5.32 Å². The maximum absolute atomic E-state index is 10.4. The number of primary amides is 1. The standard InChI is InChI=1S/C13H20N2O3/c1-11(18-13(14)16)9-15-7-8-17-10-12-5-3-2-4-6-12/h2-6,11,15H,7-10H2,1H3,(H2,14,16). The first-order valence-corrected chi connectivity index (χ1v) is 5.97. The number of hydrogen-bond acceptors (Lipinski definition) is 4. The average Bonchev–Trinajstić information content (AvgIpc) is 2.34. The van der Waals surface area contributed by atoms with E-state index < -0.39 is 6.09 Å². The molecule has 0 saturated heterocycles. The third kappa shape index (κ3) is 6.88. The highest BCUT2D eigenvalue weighted by Crippen LogP contribution is 1.99. The molecule has 18 heavy (non-hydrogen) atoms. The van der Waals surface area contributed by atoms with Gasteiger partial charge in [-0.15, -0.1) is 0 Å². The van der Waals surface area contributed by atoms with Crippen molar-refractivity contribution in [3.63, 3.8) is 0 Å². The molecule has 0 aliphatic rings. The number of nitrogens with one attached hydrogen (secondary N) is 1. The van der Waals surface area contributed by atoms with Gasteiger partial charge in [-0.25, -0.2) is 4.79 Å². The summed E-state index contributed by atoms with van der Waals surface area (Å²) in [6.45, 7) is 4.27. The minimum absolute atomic E-state index is 0.225. The van der Waals surface area contributed by atoms with E-state index in [1.165, 1.54) is 0 Å². The molecule has 0 bridgehead atoms. The van der Waals surface area contributed by atoms with E-state index in [4.69, 9.17) is 15.2 Å². The van der Waals surface area contributed by atoms with Crippen LogP contribution in [0, 0.1) is 0 Å². The smallest absolute Gasteiger partial charge is 0.404 e. The second-order valence-electron chi connectivity index (χ2n) is 3.99. The fraction of sp³-hybridized carbons (Fsp3) is 0.462. The van der Waals surface area contributed by atoms with E-state index in [0.29, 0.717) is 26.3 Å². The predicted molar refractivity (Wildman–Crippen MR) is 69.1 cm³/mol. The largest absolute Gasteiger partial charge is 0.445 e. The molecule has 1 aromatic carbocycles. The summed E-state index contributed by atoms with van der Waals surface area (Å²) in [6, 6.07) is 10.00. The molecule has 1 atom stereocenters. The average molecular weight is 252 g/mol. The summed E-state index contributed by atoms with van der Waals surface area (Å²) in [5.41, 5.74) is 6.05. The van der Waals surface area contributed by atoms with Gasteiger partial charge in [0, 0.05) is 13.1 Å². The number of amides is 1. The van der Waals surface area contributed by atoms with Crippen molar-refractivity contribution in [2.45, 2.75) is 19.6 Å². The van der Waals surface area contributed by atoms with Crippen molar-refractivity contribution in [1.29, 1.82) is 0 Å². The van der Waals surface area contributed by atoms with Gasteiger partial charge < -0.3 is 20.5 Å². The van der Waals surface area contributed by atoms with E-state index in [9.17, 15) is 4.79 Å². The molecule has 0 saturated carbocycles. The third-order valence-electron chi connectivity index (χ3n) is 2.28. The molecule has 100 valence electrons. The first-order chi connectivity index (χ1) is 8.68. The maximum Gasteiger partial charge on any atom is 0.404 e. The zero-order valence-electron chi connectivity index (χ0n) is 10.6. The Hall–Kier alpha value is -1.59. The van der Waals surface area contributed by atoms with Gasteiger partial charge in [0.2, 0.25) is 0 Å². The molecular weight excluding hydrogens is 232 g/mol. The fourth-order valence-electron chi connectivity index (χ4n) is 1.45. The number of nitrogens with two attached hydrogens (primary N) is 1. The molecule has 0 heterocycles. The molecule has 0 radical (unpaired) electrons. The molecule has 1 unspecified atom stereocenters. The summed E-state index contributed by atoms with van der Waals surface area (Å²) in [4.78, 5) is 10.4. The minimum atomic E-state index is -0.746. The van der Waals surface area contributed by atoms with Crippen LogP contribution in [0.1, 0.15) is 12.5 Å². The van der Waals surface area contributed by atoms with Gasteiger partial charge in [0.15, 0.2) is 0 Å². The van der Waals surface area contributed by atoms with Gasteiger partial charge >= 0.3 is 6.09 Å². The van der Waals surface area contributed by atoms with Gasteiger partial charge in [0.05, 0.1) is 13.2 Å². The molecule has 0 aliphatic carbocycles. The van der Waals surface area contributed by atoms with E-state index in [-0.39, 0.29) is 6.10 Å². The van der Waals surface area contributed by atoms with Crippen molar-refractivity contribution in [3.05, 3.63) is 35.9 Å². The van der Waals surface area contributed by atoms with Crippen LogP contribution < -0.4 is 11.1 Å². The Morgan fingerprint density at radius 3 is 2.78 bits per heavy atom. The van der Waals surface area contributed by atoms with Crippen molar-refractivity contribution < 1.29 is 14.3 Å². The molecule has 0 aromatic heterocycles. The van der Waals surface area contributed by atoms with Gasteiger partial charge in [0.1, 0.15) is 6.10 Å². The van der Waals surface area contributed by atoms with Gasteiger partial charge in [-0.3, -0.25) is 0 Å². The molecule has 0 fully saturated rings. The summed E-state index contributed by atoms with van der Waals surface area (Å²) >= 11 is 0. The maximum atomic E-state index is 10.4. The number of carbonyl (C=O) groups is 1. The first kappa shape index (κ1) is 14.5. The lowest BCUT2D eigenvalue weighted by molar-refractivity contribution is 0.105.